The molecule has 0 spiro atoms. The van der Waals surface area contributed by atoms with Crippen LogP contribution in [0.4, 0.5) is 0 Å². The van der Waals surface area contributed by atoms with Crippen LogP contribution in [0.2, 0.25) is 0 Å². The molecule has 0 aliphatic heterocycles. The van der Waals surface area contributed by atoms with Crippen LogP contribution in [-0.2, 0) is 0 Å². The fourth-order valence-corrected chi connectivity index (χ4v) is 0. The summed E-state index contributed by atoms with van der Waals surface area (Å²) in [6, 6.07) is 0. The fraction of sp³-hybridized carbons (Fsp3) is 0.875. The molecule has 0 aliphatic carbocycles. The van der Waals surface area contributed by atoms with Crippen LogP contribution >= 0.6 is 0 Å². The minimum atomic E-state index is 1.32. The Balaban J connectivity index is -0.0000000122. The second-order valence-corrected chi connectivity index (χ2v) is 1.000. The molecule has 0 atom stereocenters. The van der Waals surface area contributed by atoms with Crippen molar-refractivity contribution in [3.63, 3.8) is 0 Å². The van der Waals surface area contributed by atoms with Gasteiger partial charge in [-0.05, 0) is 0 Å². The Labute approximate surface area is 109 Å². The van der Waals surface area contributed by atoms with E-state index in [9.17, 15) is 0 Å². The number of hydrogen-bond acceptors (Lipinski definition) is 0. The molecule has 0 aromatic heterocycles. The van der Waals surface area contributed by atoms with Crippen LogP contribution < -0.4 is 0 Å². The lowest BCUT2D eigenvalue weighted by atomic mass is 10.4. The Hall–Kier alpha value is -0.440. The highest BCUT2D eigenvalue weighted by Crippen LogP contribution is 1.76. The molecule has 16 heavy (non-hydrogen) atoms. The van der Waals surface area contributed by atoms with Gasteiger partial charge in [0.25, 0.3) is 0 Å². The largest absolute Gasteiger partial charge is 0.124 e. The Kier molecular flexibility index (Phi) is 3100. The molecule has 0 fully saturated rings. The smallest absolute Gasteiger partial charge is 0.0564 e. The van der Waals surface area contributed by atoms with Crippen molar-refractivity contribution < 1.29 is 0 Å². The van der Waals surface area contributed by atoms with E-state index in [0.717, 1.165) is 0 Å². The third-order valence-electron chi connectivity index (χ3n) is 0.500. The molecule has 0 bridgehead atoms. The minimum Gasteiger partial charge on any atom is -0.124 e. The average Bonchev–Trinajstić information content (AvgIpc) is 2.51. The Bertz CT molecular complexity index is 16.5. The van der Waals surface area contributed by atoms with Crippen LogP contribution in [0.5, 0.6) is 0 Å². The molecule has 0 N–H and O–H groups in total. The van der Waals surface area contributed by atoms with Crippen LogP contribution in [0.15, 0.2) is 0 Å². The third-order valence-corrected chi connectivity index (χ3v) is 0.500. The lowest BCUT2D eigenvalue weighted by molar-refractivity contribution is 0.886. The highest BCUT2D eigenvalue weighted by molar-refractivity contribution is 4.47. The normalized spacial score (nSPS) is 3.88. The molecule has 0 radical (unpaired) electrons. The second kappa shape index (κ2) is 1100. The zero-order valence-corrected chi connectivity index (χ0v) is 14.6. The summed E-state index contributed by atoms with van der Waals surface area (Å²) in [6.45, 7) is 24.4. The zero-order chi connectivity index (χ0) is 15.4. The van der Waals surface area contributed by atoms with Crippen molar-refractivity contribution in [2.24, 2.45) is 0 Å². The molecule has 0 aromatic rings. The van der Waals surface area contributed by atoms with Crippen molar-refractivity contribution in [3.05, 3.63) is 0 Å². The van der Waals surface area contributed by atoms with Crippen molar-refractivity contribution in [3.8, 4) is 12.8 Å². The van der Waals surface area contributed by atoms with Crippen LogP contribution in [0, 0.1) is 12.8 Å². The summed E-state index contributed by atoms with van der Waals surface area (Å²) < 4.78 is 0. The van der Waals surface area contributed by atoms with E-state index < -0.39 is 0 Å². The predicted octanol–water partition coefficient (Wildman–Crippen LogP) is 7.19. The van der Waals surface area contributed by atoms with Crippen molar-refractivity contribution >= 4 is 0 Å². The van der Waals surface area contributed by atoms with Crippen molar-refractivity contribution in [1.82, 2.24) is 0 Å². The zero-order valence-electron chi connectivity index (χ0n) is 14.6. The maximum Gasteiger partial charge on any atom is -0.0564 e. The van der Waals surface area contributed by atoms with E-state index in [4.69, 9.17) is 0 Å². The number of terminal acetylenes is 1. The lowest BCUT2D eigenvalue weighted by Gasteiger charge is -1.68. The molecule has 0 rings (SSSR count). The molecule has 0 heteroatoms. The van der Waals surface area contributed by atoms with Gasteiger partial charge in [-0.3, -0.25) is 0 Å². The van der Waals surface area contributed by atoms with Gasteiger partial charge in [0.15, 0.2) is 0 Å². The first-order chi connectivity index (χ1) is 7.91. The van der Waals surface area contributed by atoms with Gasteiger partial charge in [-0.2, -0.15) is 0 Å². The molecule has 0 heterocycles. The molecular formula is C16H42. The molecule has 0 aromatic carbocycles. The Morgan fingerprint density at radius 2 is 0.500 bits per heavy atom. The van der Waals surface area contributed by atoms with Gasteiger partial charge in [-0.25, -0.2) is 0 Å². The van der Waals surface area contributed by atoms with E-state index in [-0.39, 0.29) is 0 Å². The second-order valence-electron chi connectivity index (χ2n) is 1.000. The quantitative estimate of drug-likeness (QED) is 0.421. The summed E-state index contributed by atoms with van der Waals surface area (Å²) in [7, 11) is 0. The van der Waals surface area contributed by atoms with Crippen LogP contribution in [-0.4, -0.2) is 0 Å². The molecule has 0 nitrogen and oxygen atoms in total. The molecule has 0 saturated carbocycles. The molecule has 0 aliphatic rings. The molecule has 106 valence electrons. The third kappa shape index (κ3) is 6820. The molecule has 0 saturated heterocycles. The van der Waals surface area contributed by atoms with Crippen molar-refractivity contribution in [1.29, 1.82) is 0 Å². The first-order valence-electron chi connectivity index (χ1n) is 7.25. The van der Waals surface area contributed by atoms with Gasteiger partial charge >= 0.3 is 0 Å². The summed E-state index contributed by atoms with van der Waals surface area (Å²) in [5.41, 5.74) is 0. The predicted molar refractivity (Wildman–Crippen MR) is 87.2 cm³/mol. The van der Waals surface area contributed by atoms with Gasteiger partial charge in [0.1, 0.15) is 0 Å². The topological polar surface area (TPSA) is 0 Å². The SMILES string of the molecule is C#C.CC.CC.CC.CC.CC.CCCC. The molecule has 0 amide bonds. The van der Waals surface area contributed by atoms with E-state index in [0.29, 0.717) is 0 Å². The number of rotatable bonds is 1. The summed E-state index contributed by atoms with van der Waals surface area (Å²) in [6.07, 6.45) is 10.6. The van der Waals surface area contributed by atoms with Gasteiger partial charge in [-0.1, -0.05) is 95.9 Å². The van der Waals surface area contributed by atoms with Gasteiger partial charge in [0, 0.05) is 0 Å². The van der Waals surface area contributed by atoms with Gasteiger partial charge in [-0.15, -0.1) is 12.8 Å². The van der Waals surface area contributed by atoms with Crippen LogP contribution in [0.1, 0.15) is 95.9 Å². The highest BCUT2D eigenvalue weighted by atomic mass is 13.6. The maximum atomic E-state index is 4.00. The van der Waals surface area contributed by atoms with E-state index >= 15 is 0 Å². The summed E-state index contributed by atoms with van der Waals surface area (Å²) >= 11 is 0. The standard InChI is InChI=1S/C4H10.5C2H6.C2H2/c1-3-4-2;6*1-2/h3-4H2,1-2H3;5*1-2H3;1-2H. The summed E-state index contributed by atoms with van der Waals surface area (Å²) in [4.78, 5) is 0. The van der Waals surface area contributed by atoms with E-state index in [1.807, 2.05) is 69.2 Å². The number of hydrogen-bond donors (Lipinski definition) is 0. The lowest BCUT2D eigenvalue weighted by Crippen LogP contribution is -1.47. The number of unbranched alkanes of at least 4 members (excludes halogenated alkanes) is 1. The summed E-state index contributed by atoms with van der Waals surface area (Å²) in [5.74, 6) is 0. The van der Waals surface area contributed by atoms with Gasteiger partial charge in [0.05, 0.1) is 0 Å². The van der Waals surface area contributed by atoms with Crippen LogP contribution in [0.25, 0.3) is 0 Å². The Morgan fingerprint density at radius 3 is 0.500 bits per heavy atom. The Morgan fingerprint density at radius 1 is 0.438 bits per heavy atom. The highest BCUT2D eigenvalue weighted by Gasteiger charge is 1.56. The molecular weight excluding hydrogens is 192 g/mol. The van der Waals surface area contributed by atoms with E-state index in [1.165, 1.54) is 12.8 Å². The van der Waals surface area contributed by atoms with E-state index in [1.54, 1.807) is 0 Å². The summed E-state index contributed by atoms with van der Waals surface area (Å²) in [5, 5.41) is 0. The maximum absolute atomic E-state index is 4.00. The first kappa shape index (κ1) is 45.0. The van der Waals surface area contributed by atoms with Gasteiger partial charge in [0.2, 0.25) is 0 Å². The first-order valence-corrected chi connectivity index (χ1v) is 7.25. The van der Waals surface area contributed by atoms with E-state index in [2.05, 4.69) is 26.7 Å². The van der Waals surface area contributed by atoms with Crippen molar-refractivity contribution in [2.45, 2.75) is 95.9 Å². The van der Waals surface area contributed by atoms with Crippen molar-refractivity contribution in [2.75, 3.05) is 0 Å². The van der Waals surface area contributed by atoms with Gasteiger partial charge < -0.3 is 0 Å². The average molecular weight is 235 g/mol. The van der Waals surface area contributed by atoms with Crippen LogP contribution in [0.3, 0.4) is 0 Å². The minimum absolute atomic E-state index is 1.32. The molecule has 0 unspecified atom stereocenters. The fourth-order valence-electron chi connectivity index (χ4n) is 0. The monoisotopic (exact) mass is 234 g/mol.